The summed E-state index contributed by atoms with van der Waals surface area (Å²) in [6.07, 6.45) is 0.950. The first kappa shape index (κ1) is 22.3. The standard InChI is InChI=1S/C21H32N6O2/c1-16-12-17(2)27(25-16)11-7-10-23-21(22-3)24-14-18-8-6-9-19(13-18)29-15-20(28)26(4)5/h6,8-9,12-13H,7,10-11,14-15H2,1-5H3,(H2,22,23,24). The molecule has 2 rings (SSSR count). The highest BCUT2D eigenvalue weighted by Crippen LogP contribution is 2.13. The molecule has 0 fully saturated rings. The normalized spacial score (nSPS) is 11.3. The average Bonchev–Trinajstić information content (AvgIpc) is 3.02. The number of ether oxygens (including phenoxy) is 1. The van der Waals surface area contributed by atoms with Crippen LogP contribution in [0.1, 0.15) is 23.4 Å². The Bertz CT molecular complexity index is 828. The summed E-state index contributed by atoms with van der Waals surface area (Å²) in [4.78, 5) is 17.4. The summed E-state index contributed by atoms with van der Waals surface area (Å²) in [5.74, 6) is 1.35. The molecule has 29 heavy (non-hydrogen) atoms. The van der Waals surface area contributed by atoms with Crippen LogP contribution in [-0.2, 0) is 17.9 Å². The summed E-state index contributed by atoms with van der Waals surface area (Å²) in [5, 5.41) is 11.1. The second-order valence-corrected chi connectivity index (χ2v) is 7.08. The van der Waals surface area contributed by atoms with E-state index in [2.05, 4.69) is 33.7 Å². The van der Waals surface area contributed by atoms with Crippen molar-refractivity contribution in [2.24, 2.45) is 4.99 Å². The average molecular weight is 401 g/mol. The predicted molar refractivity (Wildman–Crippen MR) is 115 cm³/mol. The van der Waals surface area contributed by atoms with E-state index >= 15 is 0 Å². The molecule has 2 N–H and O–H groups in total. The van der Waals surface area contributed by atoms with Crippen LogP contribution in [0.4, 0.5) is 0 Å². The molecule has 1 aromatic carbocycles. The number of aryl methyl sites for hydroxylation is 3. The van der Waals surface area contributed by atoms with E-state index in [0.29, 0.717) is 12.3 Å². The number of benzene rings is 1. The van der Waals surface area contributed by atoms with Crippen LogP contribution >= 0.6 is 0 Å². The van der Waals surface area contributed by atoms with E-state index in [1.165, 1.54) is 10.6 Å². The van der Waals surface area contributed by atoms with Crippen molar-refractivity contribution < 1.29 is 9.53 Å². The van der Waals surface area contributed by atoms with Gasteiger partial charge in [0.1, 0.15) is 5.75 Å². The number of likely N-dealkylation sites (N-methyl/N-ethyl adjacent to an activating group) is 1. The summed E-state index contributed by atoms with van der Waals surface area (Å²) < 4.78 is 7.59. The third kappa shape index (κ3) is 7.48. The zero-order valence-corrected chi connectivity index (χ0v) is 18.0. The van der Waals surface area contributed by atoms with Gasteiger partial charge in [0.25, 0.3) is 5.91 Å². The van der Waals surface area contributed by atoms with E-state index in [1.54, 1.807) is 21.1 Å². The van der Waals surface area contributed by atoms with Gasteiger partial charge in [0.05, 0.1) is 5.69 Å². The summed E-state index contributed by atoms with van der Waals surface area (Å²) in [6.45, 7) is 6.39. The molecular formula is C21H32N6O2. The number of hydrogen-bond donors (Lipinski definition) is 2. The van der Waals surface area contributed by atoms with E-state index in [1.807, 2.05) is 35.9 Å². The molecule has 1 heterocycles. The van der Waals surface area contributed by atoms with Crippen molar-refractivity contribution in [2.45, 2.75) is 33.4 Å². The van der Waals surface area contributed by atoms with Gasteiger partial charge < -0.3 is 20.3 Å². The first-order chi connectivity index (χ1) is 13.9. The van der Waals surface area contributed by atoms with Crippen LogP contribution < -0.4 is 15.4 Å². The molecule has 158 valence electrons. The highest BCUT2D eigenvalue weighted by atomic mass is 16.5. The number of carbonyl (C=O) groups is 1. The van der Waals surface area contributed by atoms with Crippen LogP contribution in [0.2, 0.25) is 0 Å². The Morgan fingerprint density at radius 2 is 2.03 bits per heavy atom. The topological polar surface area (TPSA) is 83.8 Å². The Labute approximate surface area is 173 Å². The van der Waals surface area contributed by atoms with Crippen LogP contribution in [0, 0.1) is 13.8 Å². The van der Waals surface area contributed by atoms with Crippen molar-refractivity contribution in [1.82, 2.24) is 25.3 Å². The molecule has 0 bridgehead atoms. The monoisotopic (exact) mass is 400 g/mol. The smallest absolute Gasteiger partial charge is 0.259 e. The second-order valence-electron chi connectivity index (χ2n) is 7.08. The van der Waals surface area contributed by atoms with Crippen LogP contribution in [0.3, 0.4) is 0 Å². The van der Waals surface area contributed by atoms with Gasteiger partial charge in [0.2, 0.25) is 0 Å². The number of aliphatic imine (C=N–C) groups is 1. The van der Waals surface area contributed by atoms with Crippen molar-refractivity contribution in [3.05, 3.63) is 47.3 Å². The van der Waals surface area contributed by atoms with Crippen molar-refractivity contribution in [3.63, 3.8) is 0 Å². The lowest BCUT2D eigenvalue weighted by atomic mass is 10.2. The van der Waals surface area contributed by atoms with E-state index in [9.17, 15) is 4.79 Å². The van der Waals surface area contributed by atoms with Gasteiger partial charge in [-0.1, -0.05) is 12.1 Å². The van der Waals surface area contributed by atoms with Crippen LogP contribution in [-0.4, -0.2) is 60.8 Å². The number of hydrogen-bond acceptors (Lipinski definition) is 4. The van der Waals surface area contributed by atoms with Crippen molar-refractivity contribution in [2.75, 3.05) is 34.3 Å². The van der Waals surface area contributed by atoms with Crippen LogP contribution in [0.15, 0.2) is 35.3 Å². The number of rotatable bonds is 9. The van der Waals surface area contributed by atoms with Gasteiger partial charge >= 0.3 is 0 Å². The maximum Gasteiger partial charge on any atom is 0.259 e. The van der Waals surface area contributed by atoms with E-state index < -0.39 is 0 Å². The highest BCUT2D eigenvalue weighted by molar-refractivity contribution is 5.79. The van der Waals surface area contributed by atoms with Gasteiger partial charge in [0, 0.05) is 46.5 Å². The summed E-state index contributed by atoms with van der Waals surface area (Å²) >= 11 is 0. The fraction of sp³-hybridized carbons (Fsp3) is 0.476. The SMILES string of the molecule is CN=C(NCCCn1nc(C)cc1C)NCc1cccc(OCC(=O)N(C)C)c1. The van der Waals surface area contributed by atoms with E-state index in [4.69, 9.17) is 4.74 Å². The molecule has 0 saturated carbocycles. The van der Waals surface area contributed by atoms with Crippen molar-refractivity contribution in [3.8, 4) is 5.75 Å². The second kappa shape index (κ2) is 11.1. The van der Waals surface area contributed by atoms with E-state index in [-0.39, 0.29) is 12.5 Å². The molecule has 1 amide bonds. The third-order valence-electron chi connectivity index (χ3n) is 4.39. The Kier molecular flexibility index (Phi) is 8.51. The Hall–Kier alpha value is -3.03. The largest absolute Gasteiger partial charge is 0.484 e. The minimum Gasteiger partial charge on any atom is -0.484 e. The first-order valence-electron chi connectivity index (χ1n) is 9.76. The molecule has 0 saturated heterocycles. The molecule has 0 radical (unpaired) electrons. The van der Waals surface area contributed by atoms with Gasteiger partial charge in [0.15, 0.2) is 12.6 Å². The molecule has 8 heteroatoms. The Morgan fingerprint density at radius 3 is 2.69 bits per heavy atom. The fourth-order valence-electron chi connectivity index (χ4n) is 2.76. The zero-order valence-electron chi connectivity index (χ0n) is 18.0. The van der Waals surface area contributed by atoms with Crippen molar-refractivity contribution in [1.29, 1.82) is 0 Å². The summed E-state index contributed by atoms with van der Waals surface area (Å²) in [5.41, 5.74) is 3.27. The predicted octanol–water partition coefficient (Wildman–Crippen LogP) is 1.72. The molecule has 0 unspecified atom stereocenters. The number of nitrogens with one attached hydrogen (secondary N) is 2. The third-order valence-corrected chi connectivity index (χ3v) is 4.39. The molecule has 2 aromatic rings. The highest BCUT2D eigenvalue weighted by Gasteiger charge is 2.06. The maximum atomic E-state index is 11.6. The van der Waals surface area contributed by atoms with Crippen LogP contribution in [0.5, 0.6) is 5.75 Å². The lowest BCUT2D eigenvalue weighted by Gasteiger charge is -2.14. The number of aromatic nitrogens is 2. The Morgan fingerprint density at radius 1 is 1.24 bits per heavy atom. The molecule has 8 nitrogen and oxygen atoms in total. The summed E-state index contributed by atoms with van der Waals surface area (Å²) in [7, 11) is 5.17. The molecule has 0 spiro atoms. The van der Waals surface area contributed by atoms with Gasteiger partial charge in [-0.3, -0.25) is 14.5 Å². The van der Waals surface area contributed by atoms with Gasteiger partial charge in [-0.25, -0.2) is 0 Å². The van der Waals surface area contributed by atoms with Gasteiger partial charge in [-0.2, -0.15) is 5.10 Å². The number of amides is 1. The number of carbonyl (C=O) groups excluding carboxylic acids is 1. The lowest BCUT2D eigenvalue weighted by Crippen LogP contribution is -2.37. The molecule has 0 aliphatic rings. The zero-order chi connectivity index (χ0) is 21.2. The molecule has 1 aromatic heterocycles. The molecule has 0 atom stereocenters. The molecule has 0 aliphatic heterocycles. The van der Waals surface area contributed by atoms with Crippen LogP contribution in [0.25, 0.3) is 0 Å². The fourth-order valence-corrected chi connectivity index (χ4v) is 2.76. The van der Waals surface area contributed by atoms with Gasteiger partial charge in [-0.15, -0.1) is 0 Å². The Balaban J connectivity index is 1.75. The quantitative estimate of drug-likeness (QED) is 0.380. The van der Waals surface area contributed by atoms with Crippen molar-refractivity contribution >= 4 is 11.9 Å². The maximum absolute atomic E-state index is 11.6. The molecular weight excluding hydrogens is 368 g/mol. The summed E-state index contributed by atoms with van der Waals surface area (Å²) in [6, 6.07) is 9.77. The minimum atomic E-state index is -0.0707. The van der Waals surface area contributed by atoms with Gasteiger partial charge in [-0.05, 0) is 44.0 Å². The number of guanidine groups is 1. The minimum absolute atomic E-state index is 0.0301. The number of nitrogens with zero attached hydrogens (tertiary/aromatic N) is 4. The first-order valence-corrected chi connectivity index (χ1v) is 9.76. The van der Waals surface area contributed by atoms with E-state index in [0.717, 1.165) is 36.7 Å². The molecule has 0 aliphatic carbocycles. The lowest BCUT2D eigenvalue weighted by molar-refractivity contribution is -0.130.